The smallest absolute Gasteiger partial charge is 0.140 e. The van der Waals surface area contributed by atoms with Crippen LogP contribution in [0, 0.1) is 18.3 Å². The van der Waals surface area contributed by atoms with Crippen LogP contribution in [0.15, 0.2) is 29.8 Å². The molecular formula is C13H13N3S. The Hall–Kier alpha value is -1.70. The molecule has 2 aromatic rings. The molecule has 86 valence electrons. The maximum Gasteiger partial charge on any atom is 0.140 e. The van der Waals surface area contributed by atoms with Gasteiger partial charge in [0.15, 0.2) is 0 Å². The average molecular weight is 243 g/mol. The van der Waals surface area contributed by atoms with Crippen LogP contribution in [0.3, 0.4) is 0 Å². The zero-order valence-corrected chi connectivity index (χ0v) is 10.4. The summed E-state index contributed by atoms with van der Waals surface area (Å²) in [6.45, 7) is 3.75. The molecule has 0 amide bonds. The minimum absolute atomic E-state index is 0.469. The third-order valence-electron chi connectivity index (χ3n) is 2.52. The number of rotatable bonds is 4. The first-order valence-electron chi connectivity index (χ1n) is 5.38. The minimum atomic E-state index is 0.469. The first-order valence-corrected chi connectivity index (χ1v) is 6.26. The van der Waals surface area contributed by atoms with Crippen LogP contribution in [-0.4, -0.2) is 4.98 Å². The molecule has 0 saturated carbocycles. The first-order chi connectivity index (χ1) is 8.29. The summed E-state index contributed by atoms with van der Waals surface area (Å²) in [5.41, 5.74) is 2.89. The van der Waals surface area contributed by atoms with E-state index in [1.54, 1.807) is 17.5 Å². The van der Waals surface area contributed by atoms with Gasteiger partial charge in [-0.1, -0.05) is 0 Å². The Bertz CT molecular complexity index is 540. The summed E-state index contributed by atoms with van der Waals surface area (Å²) in [5.74, 6) is 0. The largest absolute Gasteiger partial charge is 0.308 e. The summed E-state index contributed by atoms with van der Waals surface area (Å²) in [5, 5.41) is 14.2. The predicted molar refractivity (Wildman–Crippen MR) is 68.6 cm³/mol. The van der Waals surface area contributed by atoms with Gasteiger partial charge >= 0.3 is 0 Å². The Morgan fingerprint density at radius 2 is 2.29 bits per heavy atom. The fourth-order valence-corrected chi connectivity index (χ4v) is 2.43. The molecule has 0 spiro atoms. The van der Waals surface area contributed by atoms with Gasteiger partial charge in [0.25, 0.3) is 0 Å². The summed E-state index contributed by atoms with van der Waals surface area (Å²) < 4.78 is 0. The fraction of sp³-hybridized carbons (Fsp3) is 0.231. The van der Waals surface area contributed by atoms with E-state index in [0.29, 0.717) is 5.69 Å². The van der Waals surface area contributed by atoms with Crippen LogP contribution in [0.2, 0.25) is 0 Å². The van der Waals surface area contributed by atoms with Gasteiger partial charge in [-0.25, -0.2) is 4.98 Å². The van der Waals surface area contributed by atoms with E-state index < -0.39 is 0 Å². The van der Waals surface area contributed by atoms with Crippen LogP contribution in [-0.2, 0) is 13.1 Å². The first kappa shape index (κ1) is 11.8. The van der Waals surface area contributed by atoms with Crippen molar-refractivity contribution >= 4 is 11.3 Å². The topological polar surface area (TPSA) is 48.7 Å². The molecule has 2 rings (SSSR count). The normalized spacial score (nSPS) is 10.1. The summed E-state index contributed by atoms with van der Waals surface area (Å²) in [6, 6.07) is 7.91. The molecule has 4 heteroatoms. The molecular weight excluding hydrogens is 230 g/mol. The Morgan fingerprint density at radius 1 is 1.41 bits per heavy atom. The zero-order valence-electron chi connectivity index (χ0n) is 9.60. The molecule has 0 atom stereocenters. The average Bonchev–Trinajstić information content (AvgIpc) is 2.76. The Kier molecular flexibility index (Phi) is 3.86. The van der Waals surface area contributed by atoms with Crippen molar-refractivity contribution in [1.29, 1.82) is 5.26 Å². The van der Waals surface area contributed by atoms with Crippen molar-refractivity contribution in [2.75, 3.05) is 0 Å². The van der Waals surface area contributed by atoms with E-state index in [-0.39, 0.29) is 0 Å². The van der Waals surface area contributed by atoms with E-state index in [1.165, 1.54) is 10.4 Å². The quantitative estimate of drug-likeness (QED) is 0.898. The second-order valence-corrected chi connectivity index (χ2v) is 4.79. The second kappa shape index (κ2) is 5.58. The maximum atomic E-state index is 8.74. The third-order valence-corrected chi connectivity index (χ3v) is 3.54. The van der Waals surface area contributed by atoms with Crippen LogP contribution < -0.4 is 5.32 Å². The van der Waals surface area contributed by atoms with Gasteiger partial charge in [-0.3, -0.25) is 0 Å². The number of nitrogens with zero attached hydrogens (tertiary/aromatic N) is 2. The number of pyridine rings is 1. The lowest BCUT2D eigenvalue weighted by molar-refractivity contribution is 0.698. The molecule has 0 aromatic carbocycles. The van der Waals surface area contributed by atoms with Gasteiger partial charge in [-0.2, -0.15) is 5.26 Å². The lowest BCUT2D eigenvalue weighted by atomic mass is 10.2. The van der Waals surface area contributed by atoms with Crippen LogP contribution in [0.4, 0.5) is 0 Å². The number of nitriles is 1. The van der Waals surface area contributed by atoms with Gasteiger partial charge in [-0.05, 0) is 41.6 Å². The molecule has 0 bridgehead atoms. The molecule has 1 N–H and O–H groups in total. The standard InChI is InChI=1S/C13H13N3S/c1-10-3-5-17-13(10)9-15-8-11-2-4-16-12(6-11)7-14/h2-6,15H,8-9H2,1H3. The molecule has 0 unspecified atom stereocenters. The number of nitrogens with one attached hydrogen (secondary N) is 1. The van der Waals surface area contributed by atoms with Gasteiger partial charge in [0, 0.05) is 24.2 Å². The van der Waals surface area contributed by atoms with E-state index in [4.69, 9.17) is 5.26 Å². The van der Waals surface area contributed by atoms with Gasteiger partial charge in [0.2, 0.25) is 0 Å². The van der Waals surface area contributed by atoms with Crippen molar-refractivity contribution in [1.82, 2.24) is 10.3 Å². The van der Waals surface area contributed by atoms with Crippen molar-refractivity contribution in [3.8, 4) is 6.07 Å². The molecule has 0 aliphatic rings. The summed E-state index contributed by atoms with van der Waals surface area (Å²) >= 11 is 1.77. The highest BCUT2D eigenvalue weighted by Gasteiger charge is 2.00. The molecule has 17 heavy (non-hydrogen) atoms. The zero-order chi connectivity index (χ0) is 12.1. The highest BCUT2D eigenvalue weighted by Crippen LogP contribution is 2.15. The SMILES string of the molecule is Cc1ccsc1CNCc1ccnc(C#N)c1. The van der Waals surface area contributed by atoms with E-state index in [0.717, 1.165) is 18.7 Å². The van der Waals surface area contributed by atoms with E-state index in [1.807, 2.05) is 18.2 Å². The monoisotopic (exact) mass is 243 g/mol. The van der Waals surface area contributed by atoms with Crippen LogP contribution in [0.1, 0.15) is 21.7 Å². The van der Waals surface area contributed by atoms with Crippen LogP contribution in [0.25, 0.3) is 0 Å². The number of hydrogen-bond acceptors (Lipinski definition) is 4. The molecule has 0 aliphatic carbocycles. The second-order valence-electron chi connectivity index (χ2n) is 3.79. The van der Waals surface area contributed by atoms with Crippen molar-refractivity contribution in [2.24, 2.45) is 0 Å². The third kappa shape index (κ3) is 3.13. The predicted octanol–water partition coefficient (Wildman–Crippen LogP) is 2.61. The molecule has 2 aromatic heterocycles. The maximum absolute atomic E-state index is 8.74. The van der Waals surface area contributed by atoms with Gasteiger partial charge in [0.05, 0.1) is 0 Å². The van der Waals surface area contributed by atoms with Gasteiger partial charge < -0.3 is 5.32 Å². The molecule has 3 nitrogen and oxygen atoms in total. The lowest BCUT2D eigenvalue weighted by Gasteiger charge is -2.04. The van der Waals surface area contributed by atoms with E-state index in [2.05, 4.69) is 28.7 Å². The number of hydrogen-bond donors (Lipinski definition) is 1. The summed E-state index contributed by atoms with van der Waals surface area (Å²) in [6.07, 6.45) is 1.67. The Labute approximate surface area is 105 Å². The molecule has 0 saturated heterocycles. The van der Waals surface area contributed by atoms with Crippen LogP contribution >= 0.6 is 11.3 Å². The highest BCUT2D eigenvalue weighted by atomic mass is 32.1. The highest BCUT2D eigenvalue weighted by molar-refractivity contribution is 7.10. The van der Waals surface area contributed by atoms with Crippen molar-refractivity contribution < 1.29 is 0 Å². The van der Waals surface area contributed by atoms with Gasteiger partial charge in [0.1, 0.15) is 11.8 Å². The lowest BCUT2D eigenvalue weighted by Crippen LogP contribution is -2.12. The van der Waals surface area contributed by atoms with Crippen LogP contribution in [0.5, 0.6) is 0 Å². The minimum Gasteiger partial charge on any atom is -0.308 e. The van der Waals surface area contributed by atoms with Crippen molar-refractivity contribution in [3.05, 3.63) is 51.5 Å². The van der Waals surface area contributed by atoms with E-state index >= 15 is 0 Å². The molecule has 2 heterocycles. The summed E-state index contributed by atoms with van der Waals surface area (Å²) in [7, 11) is 0. The Balaban J connectivity index is 1.90. The Morgan fingerprint density at radius 3 is 3.00 bits per heavy atom. The van der Waals surface area contributed by atoms with E-state index in [9.17, 15) is 0 Å². The van der Waals surface area contributed by atoms with Crippen molar-refractivity contribution in [2.45, 2.75) is 20.0 Å². The number of aromatic nitrogens is 1. The molecule has 0 fully saturated rings. The fourth-order valence-electron chi connectivity index (χ4n) is 1.55. The number of thiophene rings is 1. The number of aryl methyl sites for hydroxylation is 1. The molecule has 0 aliphatic heterocycles. The van der Waals surface area contributed by atoms with Crippen molar-refractivity contribution in [3.63, 3.8) is 0 Å². The summed E-state index contributed by atoms with van der Waals surface area (Å²) in [4.78, 5) is 5.30. The molecule has 0 radical (unpaired) electrons. The van der Waals surface area contributed by atoms with Gasteiger partial charge in [-0.15, -0.1) is 11.3 Å².